The van der Waals surface area contributed by atoms with E-state index in [1.807, 2.05) is 0 Å². The summed E-state index contributed by atoms with van der Waals surface area (Å²) in [6, 6.07) is 14.4. The predicted molar refractivity (Wildman–Crippen MR) is 158 cm³/mol. The van der Waals surface area contributed by atoms with Gasteiger partial charge in [0.2, 0.25) is 0 Å². The largest absolute Gasteiger partial charge is 0.487 e. The van der Waals surface area contributed by atoms with Crippen LogP contribution in [-0.2, 0) is 22.6 Å². The maximum Gasteiger partial charge on any atom is 0.270 e. The maximum absolute atomic E-state index is 13.4. The summed E-state index contributed by atoms with van der Waals surface area (Å²) in [5.74, 6) is -0.830. The second kappa shape index (κ2) is 12.1. The molecular weight excluding hydrogens is 629 g/mol. The Morgan fingerprint density at radius 2 is 1.90 bits per heavy atom. The molecule has 4 rings (SSSR count). The van der Waals surface area contributed by atoms with Crippen molar-refractivity contribution < 1.29 is 19.2 Å². The van der Waals surface area contributed by atoms with Gasteiger partial charge in [0.1, 0.15) is 17.9 Å². The molecular formula is C27H18BrCl2N3O5S. The second-order valence-electron chi connectivity index (χ2n) is 8.23. The number of anilines is 1. The Morgan fingerprint density at radius 3 is 2.62 bits per heavy atom. The molecule has 0 radical (unpaired) electrons. The summed E-state index contributed by atoms with van der Waals surface area (Å²) < 4.78 is 6.55. The number of rotatable bonds is 8. The van der Waals surface area contributed by atoms with Gasteiger partial charge in [-0.25, -0.2) is 0 Å². The van der Waals surface area contributed by atoms with Gasteiger partial charge in [0.15, 0.2) is 5.11 Å². The molecule has 198 valence electrons. The molecule has 8 nitrogen and oxygen atoms in total. The van der Waals surface area contributed by atoms with Crippen molar-refractivity contribution in [3.63, 3.8) is 0 Å². The number of nitrogens with one attached hydrogen (secondary N) is 1. The van der Waals surface area contributed by atoms with Gasteiger partial charge in [-0.05, 0) is 81.6 Å². The highest BCUT2D eigenvalue weighted by Gasteiger charge is 2.35. The summed E-state index contributed by atoms with van der Waals surface area (Å²) in [4.78, 5) is 37.9. The van der Waals surface area contributed by atoms with Crippen molar-refractivity contribution >= 4 is 85.7 Å². The van der Waals surface area contributed by atoms with Crippen molar-refractivity contribution in [1.82, 2.24) is 5.32 Å². The summed E-state index contributed by atoms with van der Waals surface area (Å²) in [5, 5.41) is 13.8. The first kappa shape index (κ1) is 28.4. The number of carbonyl (C=O) groups is 2. The van der Waals surface area contributed by atoms with Crippen LogP contribution in [0.4, 0.5) is 11.4 Å². The Hall–Kier alpha value is -3.57. The monoisotopic (exact) mass is 645 g/mol. The number of allylic oxidation sites excluding steroid dienone is 1. The van der Waals surface area contributed by atoms with Crippen LogP contribution in [0.25, 0.3) is 6.08 Å². The highest BCUT2D eigenvalue weighted by atomic mass is 79.9. The minimum Gasteiger partial charge on any atom is -0.487 e. The van der Waals surface area contributed by atoms with Gasteiger partial charge in [-0.3, -0.25) is 29.9 Å². The van der Waals surface area contributed by atoms with E-state index in [9.17, 15) is 19.7 Å². The van der Waals surface area contributed by atoms with Crippen molar-refractivity contribution in [3.8, 4) is 5.75 Å². The Bertz CT molecular complexity index is 1580. The van der Waals surface area contributed by atoms with E-state index in [0.29, 0.717) is 33.3 Å². The first-order valence-electron chi connectivity index (χ1n) is 11.3. The molecule has 1 aliphatic rings. The van der Waals surface area contributed by atoms with Crippen LogP contribution in [0.15, 0.2) is 77.3 Å². The molecule has 1 N–H and O–H groups in total. The molecule has 1 heterocycles. The predicted octanol–water partition coefficient (Wildman–Crippen LogP) is 6.80. The number of halogens is 3. The Balaban J connectivity index is 1.67. The first-order valence-corrected chi connectivity index (χ1v) is 13.2. The molecule has 0 aromatic heterocycles. The fraction of sp³-hybridized carbons (Fsp3) is 0.0741. The highest BCUT2D eigenvalue weighted by molar-refractivity contribution is 9.10. The van der Waals surface area contributed by atoms with Gasteiger partial charge in [0.25, 0.3) is 17.5 Å². The number of ether oxygens (including phenoxy) is 1. The van der Waals surface area contributed by atoms with Crippen molar-refractivity contribution in [2.45, 2.75) is 13.0 Å². The Kier molecular flexibility index (Phi) is 8.81. The van der Waals surface area contributed by atoms with Crippen LogP contribution in [0, 0.1) is 10.1 Å². The number of benzene rings is 3. The normalized spacial score (nSPS) is 14.4. The summed E-state index contributed by atoms with van der Waals surface area (Å²) in [5.41, 5.74) is 1.90. The van der Waals surface area contributed by atoms with Gasteiger partial charge in [-0.2, -0.15) is 0 Å². The van der Waals surface area contributed by atoms with Gasteiger partial charge in [0.05, 0.1) is 25.1 Å². The third-order valence-corrected chi connectivity index (χ3v) is 7.28. The maximum atomic E-state index is 13.4. The van der Waals surface area contributed by atoms with E-state index in [-0.39, 0.29) is 38.7 Å². The number of non-ortho nitro benzene ring substituents is 1. The van der Waals surface area contributed by atoms with Gasteiger partial charge in [-0.1, -0.05) is 47.5 Å². The molecule has 0 atom stereocenters. The topological polar surface area (TPSA) is 102 Å². The molecule has 2 amide bonds. The third kappa shape index (κ3) is 6.20. The molecule has 39 heavy (non-hydrogen) atoms. The summed E-state index contributed by atoms with van der Waals surface area (Å²) in [7, 11) is 0. The van der Waals surface area contributed by atoms with Crippen molar-refractivity contribution in [3.05, 3.63) is 114 Å². The van der Waals surface area contributed by atoms with Crippen LogP contribution in [0.2, 0.25) is 10.0 Å². The Morgan fingerprint density at radius 1 is 1.15 bits per heavy atom. The quantitative estimate of drug-likeness (QED) is 0.0721. The zero-order chi connectivity index (χ0) is 28.3. The van der Waals surface area contributed by atoms with Crippen LogP contribution in [-0.4, -0.2) is 21.9 Å². The van der Waals surface area contributed by atoms with Gasteiger partial charge in [-0.15, -0.1) is 6.58 Å². The van der Waals surface area contributed by atoms with Crippen molar-refractivity contribution in [2.24, 2.45) is 0 Å². The van der Waals surface area contributed by atoms with E-state index in [1.165, 1.54) is 18.2 Å². The van der Waals surface area contributed by atoms with Crippen molar-refractivity contribution in [2.75, 3.05) is 4.90 Å². The number of hydrogen-bond donors (Lipinski definition) is 1. The standard InChI is InChI=1S/C27H18BrCl2N3O5S/c1-2-5-17-10-16(13-20(28)24(17)38-14-15-6-3-7-18(11-15)33(36)37)12-19-25(34)31-27(39)32(26(19)35)22-9-4-8-21(29)23(22)30/h2-4,6-13H,1,5,14H2,(H,31,34,39)/b19-12+. The smallest absolute Gasteiger partial charge is 0.270 e. The van der Waals surface area contributed by atoms with Gasteiger partial charge in [0, 0.05) is 12.1 Å². The minimum absolute atomic E-state index is 0.0357. The lowest BCUT2D eigenvalue weighted by atomic mass is 10.0. The molecule has 1 aliphatic heterocycles. The molecule has 0 spiro atoms. The van der Waals surface area contributed by atoms with E-state index in [1.54, 1.807) is 48.5 Å². The minimum atomic E-state index is -0.666. The highest BCUT2D eigenvalue weighted by Crippen LogP contribution is 2.36. The first-order chi connectivity index (χ1) is 18.6. The fourth-order valence-corrected chi connectivity index (χ4v) is 5.14. The van der Waals surface area contributed by atoms with Crippen LogP contribution >= 0.6 is 51.3 Å². The van der Waals surface area contributed by atoms with E-state index in [2.05, 4.69) is 27.8 Å². The van der Waals surface area contributed by atoms with E-state index < -0.39 is 16.7 Å². The fourth-order valence-electron chi connectivity index (χ4n) is 3.85. The van der Waals surface area contributed by atoms with E-state index in [4.69, 9.17) is 40.2 Å². The van der Waals surface area contributed by atoms with Crippen LogP contribution in [0.5, 0.6) is 5.75 Å². The number of nitrogens with zero attached hydrogens (tertiary/aromatic N) is 2. The molecule has 0 bridgehead atoms. The third-order valence-electron chi connectivity index (χ3n) is 5.60. The van der Waals surface area contributed by atoms with E-state index >= 15 is 0 Å². The number of carbonyl (C=O) groups excluding carboxylic acids is 2. The average Bonchev–Trinajstić information content (AvgIpc) is 2.88. The SMILES string of the molecule is C=CCc1cc(/C=C2\C(=O)NC(=S)N(c3cccc(Cl)c3Cl)C2=O)cc(Br)c1OCc1cccc([N+](=O)[O-])c1. The lowest BCUT2D eigenvalue weighted by molar-refractivity contribution is -0.384. The lowest BCUT2D eigenvalue weighted by Gasteiger charge is -2.29. The van der Waals surface area contributed by atoms with Gasteiger partial charge < -0.3 is 4.74 Å². The van der Waals surface area contributed by atoms with Crippen molar-refractivity contribution in [1.29, 1.82) is 0 Å². The molecule has 3 aromatic rings. The molecule has 1 saturated heterocycles. The molecule has 1 fully saturated rings. The van der Waals surface area contributed by atoms with Crippen LogP contribution in [0.3, 0.4) is 0 Å². The zero-order valence-corrected chi connectivity index (χ0v) is 23.9. The summed E-state index contributed by atoms with van der Waals surface area (Å²) >= 11 is 21.2. The second-order valence-corrected chi connectivity index (χ2v) is 10.3. The number of thiocarbonyl (C=S) groups is 1. The number of nitro benzene ring substituents is 1. The summed E-state index contributed by atoms with van der Waals surface area (Å²) in [6.45, 7) is 3.87. The molecule has 0 saturated carbocycles. The number of nitro groups is 1. The van der Waals surface area contributed by atoms with Gasteiger partial charge >= 0.3 is 0 Å². The zero-order valence-electron chi connectivity index (χ0n) is 19.9. The number of hydrogen-bond acceptors (Lipinski definition) is 6. The molecule has 0 aliphatic carbocycles. The molecule has 0 unspecified atom stereocenters. The molecule has 3 aromatic carbocycles. The Labute approximate surface area is 247 Å². The van der Waals surface area contributed by atoms with Crippen LogP contribution < -0.4 is 15.0 Å². The number of amides is 2. The van der Waals surface area contributed by atoms with Crippen LogP contribution in [0.1, 0.15) is 16.7 Å². The van der Waals surface area contributed by atoms with E-state index in [0.717, 1.165) is 4.90 Å². The average molecular weight is 647 g/mol. The summed E-state index contributed by atoms with van der Waals surface area (Å²) in [6.07, 6.45) is 3.53. The lowest BCUT2D eigenvalue weighted by Crippen LogP contribution is -2.54. The molecule has 12 heteroatoms.